The molecule has 0 spiro atoms. The van der Waals surface area contributed by atoms with Crippen LogP contribution in [0, 0.1) is 23.4 Å². The van der Waals surface area contributed by atoms with Crippen LogP contribution in [0.25, 0.3) is 0 Å². The van der Waals surface area contributed by atoms with E-state index in [0.29, 0.717) is 6.54 Å². The lowest BCUT2D eigenvalue weighted by Gasteiger charge is -2.23. The predicted octanol–water partition coefficient (Wildman–Crippen LogP) is 3.80. The van der Waals surface area contributed by atoms with Gasteiger partial charge in [0.1, 0.15) is 0 Å². The summed E-state index contributed by atoms with van der Waals surface area (Å²) in [7, 11) is 0. The molecular formula is C13H18F3N. The van der Waals surface area contributed by atoms with Crippen molar-refractivity contribution in [3.8, 4) is 0 Å². The van der Waals surface area contributed by atoms with Crippen molar-refractivity contribution >= 4 is 0 Å². The zero-order valence-corrected chi connectivity index (χ0v) is 10.4. The van der Waals surface area contributed by atoms with Crippen molar-refractivity contribution < 1.29 is 13.2 Å². The van der Waals surface area contributed by atoms with Crippen molar-refractivity contribution in [3.05, 3.63) is 35.1 Å². The van der Waals surface area contributed by atoms with E-state index in [1.165, 1.54) is 6.07 Å². The molecule has 0 saturated heterocycles. The minimum Gasteiger partial charge on any atom is -0.310 e. The normalized spacial score (nSPS) is 13.1. The third-order valence-corrected chi connectivity index (χ3v) is 2.68. The summed E-state index contributed by atoms with van der Waals surface area (Å²) in [4.78, 5) is 0. The van der Waals surface area contributed by atoms with Gasteiger partial charge in [-0.25, -0.2) is 13.2 Å². The van der Waals surface area contributed by atoms with Gasteiger partial charge in [0, 0.05) is 11.6 Å². The molecule has 1 unspecified atom stereocenters. The van der Waals surface area contributed by atoms with Crippen molar-refractivity contribution in [3.63, 3.8) is 0 Å². The van der Waals surface area contributed by atoms with Gasteiger partial charge >= 0.3 is 0 Å². The molecule has 0 aliphatic rings. The van der Waals surface area contributed by atoms with E-state index in [4.69, 9.17) is 0 Å². The Hall–Kier alpha value is -1.03. The standard InChI is InChI=1S/C13H18F3N/c1-4-7-17-13(8(2)3)9-5-6-10(14)12(16)11(9)15/h5-6,8,13,17H,4,7H2,1-3H3. The summed E-state index contributed by atoms with van der Waals surface area (Å²) in [5.74, 6) is -3.54. The molecule has 0 aromatic heterocycles. The molecule has 4 heteroatoms. The van der Waals surface area contributed by atoms with E-state index >= 15 is 0 Å². The highest BCUT2D eigenvalue weighted by atomic mass is 19.2. The number of hydrogen-bond acceptors (Lipinski definition) is 1. The van der Waals surface area contributed by atoms with E-state index in [1.54, 1.807) is 0 Å². The Morgan fingerprint density at radius 2 is 1.76 bits per heavy atom. The molecule has 0 heterocycles. The highest BCUT2D eigenvalue weighted by molar-refractivity contribution is 5.24. The Morgan fingerprint density at radius 1 is 1.12 bits per heavy atom. The maximum Gasteiger partial charge on any atom is 0.194 e. The Morgan fingerprint density at radius 3 is 2.29 bits per heavy atom. The van der Waals surface area contributed by atoms with Crippen LogP contribution in [0.15, 0.2) is 12.1 Å². The van der Waals surface area contributed by atoms with Crippen molar-refractivity contribution in [2.75, 3.05) is 6.54 Å². The van der Waals surface area contributed by atoms with Crippen molar-refractivity contribution in [2.24, 2.45) is 5.92 Å². The van der Waals surface area contributed by atoms with Crippen LogP contribution < -0.4 is 5.32 Å². The summed E-state index contributed by atoms with van der Waals surface area (Å²) in [5.41, 5.74) is 0.187. The Balaban J connectivity index is 3.06. The first-order valence-corrected chi connectivity index (χ1v) is 5.85. The van der Waals surface area contributed by atoms with Crippen molar-refractivity contribution in [2.45, 2.75) is 33.2 Å². The molecule has 96 valence electrons. The van der Waals surface area contributed by atoms with Gasteiger partial charge in [-0.05, 0) is 24.9 Å². The Kier molecular flexibility index (Phi) is 5.00. The molecule has 1 aromatic carbocycles. The second-order valence-corrected chi connectivity index (χ2v) is 4.44. The van der Waals surface area contributed by atoms with E-state index in [0.717, 1.165) is 12.5 Å². The van der Waals surface area contributed by atoms with Gasteiger partial charge < -0.3 is 5.32 Å². The van der Waals surface area contributed by atoms with Crippen LogP contribution in [0.3, 0.4) is 0 Å². The minimum absolute atomic E-state index is 0.0981. The average molecular weight is 245 g/mol. The SMILES string of the molecule is CCCNC(c1ccc(F)c(F)c1F)C(C)C. The number of benzene rings is 1. The quantitative estimate of drug-likeness (QED) is 0.778. The second kappa shape index (κ2) is 6.05. The fraction of sp³-hybridized carbons (Fsp3) is 0.538. The number of halogens is 3. The van der Waals surface area contributed by atoms with Crippen LogP contribution in [0.2, 0.25) is 0 Å². The van der Waals surface area contributed by atoms with E-state index < -0.39 is 17.5 Å². The average Bonchev–Trinajstić information content (AvgIpc) is 2.28. The molecular weight excluding hydrogens is 227 g/mol. The highest BCUT2D eigenvalue weighted by Gasteiger charge is 2.22. The first-order chi connectivity index (χ1) is 7.99. The molecule has 17 heavy (non-hydrogen) atoms. The number of nitrogens with one attached hydrogen (secondary N) is 1. The Labute approximate surface area is 100 Å². The van der Waals surface area contributed by atoms with Gasteiger partial charge in [-0.3, -0.25) is 0 Å². The monoisotopic (exact) mass is 245 g/mol. The Bertz CT molecular complexity index is 377. The van der Waals surface area contributed by atoms with Crippen LogP contribution >= 0.6 is 0 Å². The summed E-state index contributed by atoms with van der Waals surface area (Å²) in [6, 6.07) is 1.97. The number of rotatable bonds is 5. The van der Waals surface area contributed by atoms with Gasteiger partial charge in [0.15, 0.2) is 17.5 Å². The lowest BCUT2D eigenvalue weighted by Crippen LogP contribution is -2.27. The molecule has 1 aromatic rings. The van der Waals surface area contributed by atoms with E-state index in [-0.39, 0.29) is 17.5 Å². The molecule has 0 bridgehead atoms. The lowest BCUT2D eigenvalue weighted by atomic mass is 9.95. The summed E-state index contributed by atoms with van der Waals surface area (Å²) < 4.78 is 39.6. The molecule has 1 atom stereocenters. The van der Waals surface area contributed by atoms with E-state index in [9.17, 15) is 13.2 Å². The fourth-order valence-corrected chi connectivity index (χ4v) is 1.79. The lowest BCUT2D eigenvalue weighted by molar-refractivity contribution is 0.378. The minimum atomic E-state index is -1.40. The van der Waals surface area contributed by atoms with Gasteiger partial charge in [-0.1, -0.05) is 26.8 Å². The summed E-state index contributed by atoms with van der Waals surface area (Å²) in [6.45, 7) is 6.52. The third kappa shape index (κ3) is 3.22. The van der Waals surface area contributed by atoms with Gasteiger partial charge in [0.05, 0.1) is 0 Å². The van der Waals surface area contributed by atoms with Crippen LogP contribution in [0.5, 0.6) is 0 Å². The zero-order valence-electron chi connectivity index (χ0n) is 10.4. The summed E-state index contributed by atoms with van der Waals surface area (Å²) in [5, 5.41) is 3.14. The van der Waals surface area contributed by atoms with Gasteiger partial charge in [0.25, 0.3) is 0 Å². The molecule has 0 aliphatic carbocycles. The van der Waals surface area contributed by atoms with E-state index in [1.807, 2.05) is 20.8 Å². The molecule has 1 nitrogen and oxygen atoms in total. The molecule has 0 fully saturated rings. The van der Waals surface area contributed by atoms with Crippen LogP contribution in [-0.4, -0.2) is 6.54 Å². The van der Waals surface area contributed by atoms with Gasteiger partial charge in [-0.15, -0.1) is 0 Å². The van der Waals surface area contributed by atoms with Gasteiger partial charge in [-0.2, -0.15) is 0 Å². The molecule has 0 amide bonds. The molecule has 1 rings (SSSR count). The largest absolute Gasteiger partial charge is 0.310 e. The summed E-state index contributed by atoms with van der Waals surface area (Å²) in [6.07, 6.45) is 0.897. The first-order valence-electron chi connectivity index (χ1n) is 5.85. The number of hydrogen-bond donors (Lipinski definition) is 1. The van der Waals surface area contributed by atoms with E-state index in [2.05, 4.69) is 5.32 Å². The van der Waals surface area contributed by atoms with Gasteiger partial charge in [0.2, 0.25) is 0 Å². The maximum atomic E-state index is 13.6. The smallest absolute Gasteiger partial charge is 0.194 e. The fourth-order valence-electron chi connectivity index (χ4n) is 1.79. The molecule has 0 radical (unpaired) electrons. The predicted molar refractivity (Wildman–Crippen MR) is 62.2 cm³/mol. The zero-order chi connectivity index (χ0) is 13.0. The summed E-state index contributed by atoms with van der Waals surface area (Å²) >= 11 is 0. The van der Waals surface area contributed by atoms with Crippen molar-refractivity contribution in [1.29, 1.82) is 0 Å². The molecule has 0 aliphatic heterocycles. The molecule has 0 saturated carbocycles. The van der Waals surface area contributed by atoms with Crippen molar-refractivity contribution in [1.82, 2.24) is 5.32 Å². The van der Waals surface area contributed by atoms with Crippen LogP contribution in [-0.2, 0) is 0 Å². The third-order valence-electron chi connectivity index (χ3n) is 2.68. The molecule has 1 N–H and O–H groups in total. The van der Waals surface area contributed by atoms with Crippen LogP contribution in [0.4, 0.5) is 13.2 Å². The topological polar surface area (TPSA) is 12.0 Å². The maximum absolute atomic E-state index is 13.6. The van der Waals surface area contributed by atoms with Crippen LogP contribution in [0.1, 0.15) is 38.8 Å². The first kappa shape index (κ1) is 14.0. The second-order valence-electron chi connectivity index (χ2n) is 4.44. The highest BCUT2D eigenvalue weighted by Crippen LogP contribution is 2.26.